The summed E-state index contributed by atoms with van der Waals surface area (Å²) < 4.78 is 18.5. The molecule has 3 heterocycles. The predicted molar refractivity (Wildman–Crippen MR) is 133 cm³/mol. The van der Waals surface area contributed by atoms with E-state index in [2.05, 4.69) is 31.0 Å². The van der Waals surface area contributed by atoms with Gasteiger partial charge in [0.2, 0.25) is 6.79 Å². The molecule has 2 aromatic carbocycles. The molecular weight excluding hydrogens is 464 g/mol. The van der Waals surface area contributed by atoms with Crippen molar-refractivity contribution in [3.8, 4) is 11.5 Å². The fraction of sp³-hybridized carbons (Fsp3) is 0.296. The molecule has 0 N–H and O–H groups in total. The van der Waals surface area contributed by atoms with E-state index in [1.165, 1.54) is 16.9 Å². The average Bonchev–Trinajstić information content (AvgIpc) is 3.42. The van der Waals surface area contributed by atoms with Crippen molar-refractivity contribution in [1.29, 1.82) is 0 Å². The summed E-state index contributed by atoms with van der Waals surface area (Å²) in [6.07, 6.45) is 1.87. The van der Waals surface area contributed by atoms with Crippen molar-refractivity contribution in [1.82, 2.24) is 4.57 Å². The second-order valence-corrected chi connectivity index (χ2v) is 9.75. The van der Waals surface area contributed by atoms with Gasteiger partial charge >= 0.3 is 5.97 Å². The van der Waals surface area contributed by atoms with E-state index in [9.17, 15) is 9.59 Å². The van der Waals surface area contributed by atoms with Gasteiger partial charge in [0.25, 0.3) is 5.56 Å². The Kier molecular flexibility index (Phi) is 6.06. The van der Waals surface area contributed by atoms with Crippen LogP contribution < -0.4 is 24.4 Å². The smallest absolute Gasteiger partial charge is 0.338 e. The van der Waals surface area contributed by atoms with Gasteiger partial charge in [0.15, 0.2) is 16.3 Å². The summed E-state index contributed by atoms with van der Waals surface area (Å²) in [5.41, 5.74) is 3.55. The summed E-state index contributed by atoms with van der Waals surface area (Å²) in [6, 6.07) is 12.9. The van der Waals surface area contributed by atoms with Gasteiger partial charge in [-0.1, -0.05) is 55.5 Å². The number of benzene rings is 2. The Balaban J connectivity index is 1.68. The van der Waals surface area contributed by atoms with Crippen molar-refractivity contribution in [2.24, 2.45) is 4.99 Å². The maximum Gasteiger partial charge on any atom is 0.338 e. The van der Waals surface area contributed by atoms with Crippen LogP contribution in [0.4, 0.5) is 0 Å². The minimum absolute atomic E-state index is 0.136. The Bertz CT molecular complexity index is 1510. The highest BCUT2D eigenvalue weighted by Crippen LogP contribution is 2.38. The molecule has 5 rings (SSSR count). The Labute approximate surface area is 206 Å². The lowest BCUT2D eigenvalue weighted by molar-refractivity contribution is -0.139. The molecule has 7 nitrogen and oxygen atoms in total. The number of nitrogens with zero attached hydrogens (tertiary/aromatic N) is 2. The van der Waals surface area contributed by atoms with Crippen molar-refractivity contribution in [2.75, 3.05) is 13.4 Å². The van der Waals surface area contributed by atoms with Gasteiger partial charge in [0, 0.05) is 0 Å². The highest BCUT2D eigenvalue weighted by atomic mass is 32.1. The lowest BCUT2D eigenvalue weighted by atomic mass is 9.95. The molecule has 35 heavy (non-hydrogen) atoms. The molecule has 8 heteroatoms. The van der Waals surface area contributed by atoms with Crippen molar-refractivity contribution in [2.45, 2.75) is 39.7 Å². The molecule has 0 unspecified atom stereocenters. The van der Waals surface area contributed by atoms with Gasteiger partial charge in [0.1, 0.15) is 0 Å². The molecule has 0 saturated heterocycles. The highest BCUT2D eigenvalue weighted by molar-refractivity contribution is 7.07. The van der Waals surface area contributed by atoms with Crippen LogP contribution in [0.25, 0.3) is 6.08 Å². The first-order chi connectivity index (χ1) is 16.9. The Morgan fingerprint density at radius 2 is 1.94 bits per heavy atom. The zero-order valence-electron chi connectivity index (χ0n) is 20.0. The molecule has 3 aromatic rings. The number of fused-ring (bicyclic) bond motifs is 2. The SMILES string of the molecule is CCOC(=O)C1=C(C)N=c2sc(=Cc3ccc(C(C)C)cc3)c(=O)n2[C@@H]1c1ccc2c(c1)OCO2. The maximum absolute atomic E-state index is 13.7. The van der Waals surface area contributed by atoms with E-state index in [-0.39, 0.29) is 19.0 Å². The quantitative estimate of drug-likeness (QED) is 0.510. The van der Waals surface area contributed by atoms with Crippen molar-refractivity contribution in [3.05, 3.63) is 90.1 Å². The molecule has 0 aliphatic carbocycles. The molecule has 0 spiro atoms. The second kappa shape index (κ2) is 9.19. The number of thiazole rings is 1. The fourth-order valence-electron chi connectivity index (χ4n) is 4.32. The van der Waals surface area contributed by atoms with E-state index in [0.717, 1.165) is 11.1 Å². The molecule has 180 valence electrons. The summed E-state index contributed by atoms with van der Waals surface area (Å²) in [4.78, 5) is 31.9. The number of carbonyl (C=O) groups excluding carboxylic acids is 1. The molecule has 2 aliphatic rings. The maximum atomic E-state index is 13.7. The van der Waals surface area contributed by atoms with Crippen LogP contribution in [0.15, 0.2) is 63.5 Å². The van der Waals surface area contributed by atoms with Gasteiger partial charge in [-0.25, -0.2) is 9.79 Å². The minimum atomic E-state index is -0.690. The van der Waals surface area contributed by atoms with Crippen LogP contribution in [0.2, 0.25) is 0 Å². The van der Waals surface area contributed by atoms with E-state index in [4.69, 9.17) is 14.2 Å². The molecule has 0 radical (unpaired) electrons. The molecule has 1 atom stereocenters. The summed E-state index contributed by atoms with van der Waals surface area (Å²) in [5.74, 6) is 1.15. The van der Waals surface area contributed by atoms with Crippen molar-refractivity contribution in [3.63, 3.8) is 0 Å². The predicted octanol–water partition coefficient (Wildman–Crippen LogP) is 3.65. The molecule has 0 saturated carbocycles. The van der Waals surface area contributed by atoms with E-state index >= 15 is 0 Å². The van der Waals surface area contributed by atoms with Crippen LogP contribution in [-0.2, 0) is 9.53 Å². The standard InChI is InChI=1S/C27H26N2O5S/c1-5-32-26(31)23-16(4)28-27-29(24(23)19-10-11-20-21(13-19)34-14-33-20)25(30)22(35-27)12-17-6-8-18(9-7-17)15(2)3/h6-13,15,24H,5,14H2,1-4H3/t24-/m1/s1. The monoisotopic (exact) mass is 490 g/mol. The van der Waals surface area contributed by atoms with Gasteiger partial charge in [-0.05, 0) is 54.7 Å². The number of carbonyl (C=O) groups is 1. The van der Waals surface area contributed by atoms with E-state index < -0.39 is 12.0 Å². The van der Waals surface area contributed by atoms with Crippen LogP contribution in [-0.4, -0.2) is 23.9 Å². The van der Waals surface area contributed by atoms with E-state index in [1.807, 2.05) is 30.3 Å². The molecule has 2 aliphatic heterocycles. The van der Waals surface area contributed by atoms with Crippen LogP contribution >= 0.6 is 11.3 Å². The van der Waals surface area contributed by atoms with Gasteiger partial charge in [-0.3, -0.25) is 9.36 Å². The topological polar surface area (TPSA) is 79.1 Å². The van der Waals surface area contributed by atoms with Crippen LogP contribution in [0.5, 0.6) is 11.5 Å². The third-order valence-electron chi connectivity index (χ3n) is 6.13. The molecular formula is C27H26N2O5S. The number of ether oxygens (including phenoxy) is 3. The summed E-state index contributed by atoms with van der Waals surface area (Å²) in [6.45, 7) is 8.17. The normalized spacial score (nSPS) is 16.9. The van der Waals surface area contributed by atoms with Gasteiger partial charge in [-0.2, -0.15) is 0 Å². The van der Waals surface area contributed by atoms with E-state index in [0.29, 0.717) is 38.0 Å². The second-order valence-electron chi connectivity index (χ2n) is 8.74. The first-order valence-electron chi connectivity index (χ1n) is 11.6. The third kappa shape index (κ3) is 4.18. The van der Waals surface area contributed by atoms with Crippen LogP contribution in [0.1, 0.15) is 56.3 Å². The Morgan fingerprint density at radius 1 is 1.20 bits per heavy atom. The number of aromatic nitrogens is 1. The molecule has 0 bridgehead atoms. The first kappa shape index (κ1) is 23.1. The van der Waals surface area contributed by atoms with E-state index in [1.54, 1.807) is 24.5 Å². The first-order valence-corrected chi connectivity index (χ1v) is 12.4. The summed E-state index contributed by atoms with van der Waals surface area (Å²) in [5, 5.41) is 0. The lowest BCUT2D eigenvalue weighted by Crippen LogP contribution is -2.39. The molecule has 0 fully saturated rings. The van der Waals surface area contributed by atoms with Crippen molar-refractivity contribution < 1.29 is 19.0 Å². The lowest BCUT2D eigenvalue weighted by Gasteiger charge is -2.24. The largest absolute Gasteiger partial charge is 0.463 e. The summed E-state index contributed by atoms with van der Waals surface area (Å²) in [7, 11) is 0. The summed E-state index contributed by atoms with van der Waals surface area (Å²) >= 11 is 1.31. The zero-order chi connectivity index (χ0) is 24.7. The van der Waals surface area contributed by atoms with Crippen LogP contribution in [0, 0.1) is 0 Å². The molecule has 0 amide bonds. The van der Waals surface area contributed by atoms with Gasteiger partial charge in [0.05, 0.1) is 28.5 Å². The number of hydrogen-bond donors (Lipinski definition) is 0. The van der Waals surface area contributed by atoms with Crippen LogP contribution in [0.3, 0.4) is 0 Å². The zero-order valence-corrected chi connectivity index (χ0v) is 20.8. The fourth-order valence-corrected chi connectivity index (χ4v) is 5.37. The Hall–Kier alpha value is -3.65. The minimum Gasteiger partial charge on any atom is -0.463 e. The van der Waals surface area contributed by atoms with Gasteiger partial charge in [-0.15, -0.1) is 0 Å². The highest BCUT2D eigenvalue weighted by Gasteiger charge is 2.34. The Morgan fingerprint density at radius 3 is 2.66 bits per heavy atom. The number of esters is 1. The number of rotatable bonds is 5. The number of allylic oxidation sites excluding steroid dienone is 1. The van der Waals surface area contributed by atoms with Crippen molar-refractivity contribution >= 4 is 23.4 Å². The van der Waals surface area contributed by atoms with Gasteiger partial charge < -0.3 is 14.2 Å². The third-order valence-corrected chi connectivity index (χ3v) is 7.11. The molecule has 1 aromatic heterocycles. The number of hydrogen-bond acceptors (Lipinski definition) is 7. The average molecular weight is 491 g/mol.